The summed E-state index contributed by atoms with van der Waals surface area (Å²) >= 11 is 0.0925. The van der Waals surface area contributed by atoms with Crippen LogP contribution in [-0.4, -0.2) is 9.79 Å². The summed E-state index contributed by atoms with van der Waals surface area (Å²) in [6.07, 6.45) is 9.91. The first kappa shape index (κ1) is 8.53. The van der Waals surface area contributed by atoms with E-state index < -0.39 is 0 Å². The number of ketones is 1. The molecule has 0 aromatic carbocycles. The Bertz CT molecular complexity index is 473. The van der Waals surface area contributed by atoms with Gasteiger partial charge in [0.05, 0.1) is 0 Å². The third-order valence-electron chi connectivity index (χ3n) is 2.65. The lowest BCUT2D eigenvalue weighted by Crippen LogP contribution is -2.00. The minimum Gasteiger partial charge on any atom is -0.294 e. The van der Waals surface area contributed by atoms with Gasteiger partial charge < -0.3 is 0 Å². The highest BCUT2D eigenvalue weighted by Gasteiger charge is 2.25. The minimum absolute atomic E-state index is 0.0925. The molecule has 1 heterocycles. The van der Waals surface area contributed by atoms with Gasteiger partial charge in [-0.05, 0) is 30.4 Å². The van der Waals surface area contributed by atoms with Crippen molar-refractivity contribution in [1.82, 2.24) is 0 Å². The van der Waals surface area contributed by atoms with E-state index in [4.69, 9.17) is 0 Å². The Morgan fingerprint density at radius 1 is 1.36 bits per heavy atom. The summed E-state index contributed by atoms with van der Waals surface area (Å²) < 4.78 is 3.87. The summed E-state index contributed by atoms with van der Waals surface area (Å²) in [7, 11) is 0. The van der Waals surface area contributed by atoms with Crippen LogP contribution in [0, 0.1) is 0 Å². The number of fused-ring (bicyclic) bond motifs is 2. The lowest BCUT2D eigenvalue weighted by molar-refractivity contribution is -0.113. The van der Waals surface area contributed by atoms with Crippen LogP contribution in [0.15, 0.2) is 44.6 Å². The van der Waals surface area contributed by atoms with Crippen molar-refractivity contribution in [2.45, 2.75) is 12.8 Å². The molecular weight excluding hydrogens is 287 g/mol. The summed E-state index contributed by atoms with van der Waals surface area (Å²) in [5, 5.41) is 0. The maximum atomic E-state index is 11.3. The molecule has 0 aromatic rings. The predicted octanol–water partition coefficient (Wildman–Crippen LogP) is 2.81. The maximum absolute atomic E-state index is 11.3. The number of allylic oxidation sites excluding steroid dienone is 8. The zero-order valence-corrected chi connectivity index (χ0v) is 9.74. The van der Waals surface area contributed by atoms with Crippen LogP contribution in [-0.2, 0) is 4.79 Å². The second-order valence-corrected chi connectivity index (χ2v) is 6.19. The SMILES string of the molecule is O=C1C=C2CC3=C(C=CC=I3)C2=CC1. The Morgan fingerprint density at radius 3 is 3.21 bits per heavy atom. The van der Waals surface area contributed by atoms with Crippen molar-refractivity contribution < 1.29 is 4.79 Å². The summed E-state index contributed by atoms with van der Waals surface area (Å²) in [6, 6.07) is 0. The molecule has 0 aromatic heterocycles. The molecule has 3 aliphatic rings. The van der Waals surface area contributed by atoms with Gasteiger partial charge in [0.2, 0.25) is 0 Å². The van der Waals surface area contributed by atoms with E-state index in [2.05, 4.69) is 22.2 Å². The Labute approximate surface area is 92.6 Å². The van der Waals surface area contributed by atoms with Gasteiger partial charge in [0.1, 0.15) is 0 Å². The summed E-state index contributed by atoms with van der Waals surface area (Å²) in [6.45, 7) is 0. The van der Waals surface area contributed by atoms with Crippen molar-refractivity contribution in [2.75, 3.05) is 0 Å². The van der Waals surface area contributed by atoms with E-state index in [1.807, 2.05) is 6.08 Å². The highest BCUT2D eigenvalue weighted by molar-refractivity contribution is 14.2. The van der Waals surface area contributed by atoms with Crippen LogP contribution < -0.4 is 0 Å². The van der Waals surface area contributed by atoms with E-state index >= 15 is 0 Å². The van der Waals surface area contributed by atoms with Gasteiger partial charge in [-0.25, -0.2) is 0 Å². The largest absolute Gasteiger partial charge is 0.294 e. The van der Waals surface area contributed by atoms with Gasteiger partial charge in [-0.2, -0.15) is 0 Å². The number of halogens is 1. The molecule has 0 fully saturated rings. The topological polar surface area (TPSA) is 17.1 Å². The molecule has 0 spiro atoms. The molecule has 3 rings (SSSR count). The molecule has 0 saturated heterocycles. The molecule has 0 radical (unpaired) electrons. The second-order valence-electron chi connectivity index (χ2n) is 3.55. The fraction of sp³-hybridized carbons (Fsp3) is 0.167. The highest BCUT2D eigenvalue weighted by atomic mass is 127. The van der Waals surface area contributed by atoms with Gasteiger partial charge in [-0.3, -0.25) is 4.79 Å². The fourth-order valence-electron chi connectivity index (χ4n) is 2.03. The fourth-order valence-corrected chi connectivity index (χ4v) is 4.31. The van der Waals surface area contributed by atoms with E-state index in [1.165, 1.54) is 16.7 Å². The average molecular weight is 296 g/mol. The van der Waals surface area contributed by atoms with E-state index in [9.17, 15) is 4.79 Å². The van der Waals surface area contributed by atoms with Crippen LogP contribution >= 0.6 is 20.7 Å². The first-order valence-corrected chi connectivity index (χ1v) is 6.98. The van der Waals surface area contributed by atoms with Crippen molar-refractivity contribution in [2.24, 2.45) is 0 Å². The molecule has 0 unspecified atom stereocenters. The van der Waals surface area contributed by atoms with Gasteiger partial charge in [0.15, 0.2) is 5.78 Å². The Morgan fingerprint density at radius 2 is 2.29 bits per heavy atom. The molecule has 0 N–H and O–H groups in total. The molecule has 0 saturated carbocycles. The number of carbonyl (C=O) groups is 1. The maximum Gasteiger partial charge on any atom is 0.159 e. The Balaban J connectivity index is 2.13. The van der Waals surface area contributed by atoms with Gasteiger partial charge in [-0.1, -0.05) is 39.0 Å². The second kappa shape index (κ2) is 3.12. The molecule has 1 aliphatic heterocycles. The molecule has 0 amide bonds. The summed E-state index contributed by atoms with van der Waals surface area (Å²) in [5.74, 6) is 0.259. The standard InChI is InChI=1S/C12H9IO/c14-9-3-4-10-8(6-9)7-12-11(10)2-1-5-13-12/h1-2,4-6H,3,7H2. The number of hydrogen-bond acceptors (Lipinski definition) is 1. The van der Waals surface area contributed by atoms with Crippen LogP contribution in [0.3, 0.4) is 0 Å². The van der Waals surface area contributed by atoms with E-state index in [-0.39, 0.29) is 26.5 Å². The summed E-state index contributed by atoms with van der Waals surface area (Å²) in [4.78, 5) is 11.3. The first-order chi connectivity index (χ1) is 6.84. The van der Waals surface area contributed by atoms with Crippen LogP contribution in [0.5, 0.6) is 0 Å². The third-order valence-corrected chi connectivity index (χ3v) is 5.14. The normalized spacial score (nSPS) is 23.9. The molecule has 70 valence electrons. The van der Waals surface area contributed by atoms with Crippen molar-refractivity contribution in [3.63, 3.8) is 0 Å². The quantitative estimate of drug-likeness (QED) is 0.628. The van der Waals surface area contributed by atoms with Crippen molar-refractivity contribution >= 4 is 30.5 Å². The van der Waals surface area contributed by atoms with Gasteiger partial charge in [0.25, 0.3) is 0 Å². The molecule has 2 heteroatoms. The predicted molar refractivity (Wildman–Crippen MR) is 66.7 cm³/mol. The van der Waals surface area contributed by atoms with Crippen LogP contribution in [0.2, 0.25) is 0 Å². The van der Waals surface area contributed by atoms with Crippen molar-refractivity contribution in [3.05, 3.63) is 44.6 Å². The zero-order valence-electron chi connectivity index (χ0n) is 7.59. The molecule has 14 heavy (non-hydrogen) atoms. The number of hydrogen-bond donors (Lipinski definition) is 0. The first-order valence-electron chi connectivity index (χ1n) is 4.65. The van der Waals surface area contributed by atoms with Crippen LogP contribution in [0.4, 0.5) is 0 Å². The smallest absolute Gasteiger partial charge is 0.159 e. The van der Waals surface area contributed by atoms with Gasteiger partial charge in [0, 0.05) is 12.8 Å². The van der Waals surface area contributed by atoms with Crippen LogP contribution in [0.25, 0.3) is 0 Å². The molecule has 0 atom stereocenters. The van der Waals surface area contributed by atoms with Crippen LogP contribution in [0.1, 0.15) is 12.8 Å². The van der Waals surface area contributed by atoms with E-state index in [1.54, 1.807) is 3.58 Å². The van der Waals surface area contributed by atoms with E-state index in [0.717, 1.165) is 6.42 Å². The lowest BCUT2D eigenvalue weighted by Gasteiger charge is -2.08. The third kappa shape index (κ3) is 1.21. The monoisotopic (exact) mass is 296 g/mol. The molecule has 1 nitrogen and oxygen atoms in total. The van der Waals surface area contributed by atoms with Crippen molar-refractivity contribution in [1.29, 1.82) is 0 Å². The van der Waals surface area contributed by atoms with Gasteiger partial charge in [-0.15, -0.1) is 0 Å². The highest BCUT2D eigenvalue weighted by Crippen LogP contribution is 2.44. The number of carbonyl (C=O) groups excluding carboxylic acids is 1. The lowest BCUT2D eigenvalue weighted by atomic mass is 9.96. The Kier molecular flexibility index (Phi) is 1.90. The summed E-state index contributed by atoms with van der Waals surface area (Å²) in [5.41, 5.74) is 4.01. The molecule has 2 aliphatic carbocycles. The zero-order chi connectivity index (χ0) is 9.54. The minimum atomic E-state index is 0.0925. The Hall–Kier alpha value is -0.770. The van der Waals surface area contributed by atoms with E-state index in [0.29, 0.717) is 6.42 Å². The van der Waals surface area contributed by atoms with Gasteiger partial charge >= 0.3 is 0 Å². The average Bonchev–Trinajstić information content (AvgIpc) is 2.54. The molecular formula is C12H9IO. The number of rotatable bonds is 0. The van der Waals surface area contributed by atoms with Crippen molar-refractivity contribution in [3.8, 4) is 0 Å². The molecule has 0 bridgehead atoms.